The smallest absolute Gasteiger partial charge is 0.270 e. The van der Waals surface area contributed by atoms with Gasteiger partial charge in [-0.05, 0) is 76.4 Å². The SMILES string of the molecule is CC(=O)c1ccc(I)cc1.CC(F)(F)c1ccc(I)cc1. The van der Waals surface area contributed by atoms with Crippen LogP contribution >= 0.6 is 45.2 Å². The molecule has 0 aliphatic heterocycles. The number of carbonyl (C=O) groups is 1. The van der Waals surface area contributed by atoms with Crippen molar-refractivity contribution in [1.29, 1.82) is 0 Å². The molecule has 0 spiro atoms. The average molecular weight is 514 g/mol. The van der Waals surface area contributed by atoms with Crippen LogP contribution in [0.5, 0.6) is 0 Å². The second-order valence-electron chi connectivity index (χ2n) is 4.46. The first-order valence-electron chi connectivity index (χ1n) is 6.10. The number of halogens is 4. The third-order valence-electron chi connectivity index (χ3n) is 2.60. The van der Waals surface area contributed by atoms with Crippen LogP contribution < -0.4 is 0 Å². The maximum absolute atomic E-state index is 12.6. The van der Waals surface area contributed by atoms with E-state index in [0.717, 1.165) is 19.6 Å². The van der Waals surface area contributed by atoms with E-state index >= 15 is 0 Å². The summed E-state index contributed by atoms with van der Waals surface area (Å²) in [4.78, 5) is 10.8. The summed E-state index contributed by atoms with van der Waals surface area (Å²) in [5, 5.41) is 0. The van der Waals surface area contributed by atoms with Crippen molar-refractivity contribution < 1.29 is 13.6 Å². The van der Waals surface area contributed by atoms with E-state index in [1.54, 1.807) is 19.1 Å². The lowest BCUT2D eigenvalue weighted by atomic mass is 10.1. The number of carbonyl (C=O) groups excluding carboxylic acids is 1. The second-order valence-corrected chi connectivity index (χ2v) is 6.95. The summed E-state index contributed by atoms with van der Waals surface area (Å²) in [7, 11) is 0. The average Bonchev–Trinajstić information content (AvgIpc) is 2.39. The Labute approximate surface area is 150 Å². The lowest BCUT2D eigenvalue weighted by Crippen LogP contribution is -2.06. The number of hydrogen-bond acceptors (Lipinski definition) is 1. The van der Waals surface area contributed by atoms with Gasteiger partial charge in [0.25, 0.3) is 5.92 Å². The minimum atomic E-state index is -2.72. The van der Waals surface area contributed by atoms with Crippen LogP contribution in [0.15, 0.2) is 48.5 Å². The summed E-state index contributed by atoms with van der Waals surface area (Å²) in [5.74, 6) is -2.60. The van der Waals surface area contributed by atoms with Crippen LogP contribution in [-0.2, 0) is 5.92 Å². The van der Waals surface area contributed by atoms with E-state index in [0.29, 0.717) is 0 Å². The number of ketones is 1. The van der Waals surface area contributed by atoms with Crippen molar-refractivity contribution in [1.82, 2.24) is 0 Å². The maximum Gasteiger partial charge on any atom is 0.270 e. The van der Waals surface area contributed by atoms with Gasteiger partial charge >= 0.3 is 0 Å². The van der Waals surface area contributed by atoms with Crippen molar-refractivity contribution in [2.75, 3.05) is 0 Å². The number of hydrogen-bond donors (Lipinski definition) is 0. The number of benzene rings is 2. The van der Waals surface area contributed by atoms with Crippen molar-refractivity contribution in [3.8, 4) is 0 Å². The molecular weight excluding hydrogens is 500 g/mol. The molecule has 5 heteroatoms. The lowest BCUT2D eigenvalue weighted by molar-refractivity contribution is 0.0174. The van der Waals surface area contributed by atoms with E-state index in [-0.39, 0.29) is 11.3 Å². The first kappa shape index (κ1) is 18.5. The fourth-order valence-electron chi connectivity index (χ4n) is 1.43. The summed E-state index contributed by atoms with van der Waals surface area (Å²) in [6, 6.07) is 13.8. The van der Waals surface area contributed by atoms with Crippen molar-refractivity contribution in [2.45, 2.75) is 19.8 Å². The quantitative estimate of drug-likeness (QED) is 0.361. The molecule has 0 radical (unpaired) electrons. The molecule has 0 heterocycles. The predicted octanol–water partition coefficient (Wildman–Crippen LogP) is 5.90. The third kappa shape index (κ3) is 6.82. The Balaban J connectivity index is 0.000000211. The van der Waals surface area contributed by atoms with Crippen LogP contribution in [-0.4, -0.2) is 5.78 Å². The molecule has 0 unspecified atom stereocenters. The van der Waals surface area contributed by atoms with Gasteiger partial charge in [-0.3, -0.25) is 4.79 Å². The van der Waals surface area contributed by atoms with Crippen LogP contribution in [0.1, 0.15) is 29.8 Å². The van der Waals surface area contributed by atoms with Crippen molar-refractivity contribution in [3.05, 3.63) is 66.8 Å². The molecular formula is C16H14F2I2O. The topological polar surface area (TPSA) is 17.1 Å². The minimum Gasteiger partial charge on any atom is -0.295 e. The molecule has 2 rings (SSSR count). The Morgan fingerprint density at radius 1 is 0.905 bits per heavy atom. The fraction of sp³-hybridized carbons (Fsp3) is 0.188. The monoisotopic (exact) mass is 514 g/mol. The van der Waals surface area contributed by atoms with Gasteiger partial charge in [0.2, 0.25) is 0 Å². The standard InChI is InChI=1S/C8H7F2I.C8H7IO/c1-8(9,10)6-2-4-7(11)5-3-6;1-6(10)7-2-4-8(9)5-3-7/h2-5H,1H3;2-5H,1H3. The summed E-state index contributed by atoms with van der Waals surface area (Å²) < 4.78 is 27.3. The molecule has 0 saturated heterocycles. The summed E-state index contributed by atoms with van der Waals surface area (Å²) in [6.07, 6.45) is 0. The number of Topliss-reactive ketones (excluding diaryl/α,β-unsaturated/α-hetero) is 1. The van der Waals surface area contributed by atoms with Gasteiger partial charge in [-0.2, -0.15) is 0 Å². The molecule has 0 aromatic heterocycles. The van der Waals surface area contributed by atoms with E-state index in [2.05, 4.69) is 45.2 Å². The van der Waals surface area contributed by atoms with Gasteiger partial charge < -0.3 is 0 Å². The molecule has 0 aliphatic rings. The molecule has 2 aromatic carbocycles. The molecule has 0 bridgehead atoms. The summed E-state index contributed by atoms with van der Waals surface area (Å²) in [5.41, 5.74) is 0.846. The van der Waals surface area contributed by atoms with E-state index < -0.39 is 5.92 Å². The van der Waals surface area contributed by atoms with E-state index in [4.69, 9.17) is 0 Å². The largest absolute Gasteiger partial charge is 0.295 e. The second kappa shape index (κ2) is 8.17. The Hall–Kier alpha value is -0.570. The highest BCUT2D eigenvalue weighted by Gasteiger charge is 2.23. The highest BCUT2D eigenvalue weighted by Crippen LogP contribution is 2.26. The summed E-state index contributed by atoms with van der Waals surface area (Å²) in [6.45, 7) is 2.47. The van der Waals surface area contributed by atoms with Crippen LogP contribution in [0.4, 0.5) is 8.78 Å². The zero-order valence-corrected chi connectivity index (χ0v) is 15.9. The van der Waals surface area contributed by atoms with Gasteiger partial charge in [0.15, 0.2) is 5.78 Å². The molecule has 0 saturated carbocycles. The zero-order chi connectivity index (χ0) is 16.0. The van der Waals surface area contributed by atoms with E-state index in [9.17, 15) is 13.6 Å². The first-order chi connectivity index (χ1) is 9.70. The van der Waals surface area contributed by atoms with Gasteiger partial charge in [-0.1, -0.05) is 24.3 Å². The van der Waals surface area contributed by atoms with Crippen molar-refractivity contribution >= 4 is 51.0 Å². The Bertz CT molecular complexity index is 587. The minimum absolute atomic E-state index is 0.0675. The van der Waals surface area contributed by atoms with Crippen molar-refractivity contribution in [2.24, 2.45) is 0 Å². The summed E-state index contributed by atoms with van der Waals surface area (Å²) >= 11 is 4.29. The molecule has 112 valence electrons. The predicted molar refractivity (Wildman–Crippen MR) is 97.9 cm³/mol. The normalized spacial score (nSPS) is 10.6. The van der Waals surface area contributed by atoms with Gasteiger partial charge in [-0.25, -0.2) is 8.78 Å². The number of alkyl halides is 2. The van der Waals surface area contributed by atoms with Crippen LogP contribution in [0.25, 0.3) is 0 Å². The molecule has 0 amide bonds. The lowest BCUT2D eigenvalue weighted by Gasteiger charge is -2.09. The molecule has 0 atom stereocenters. The van der Waals surface area contributed by atoms with E-state index in [1.165, 1.54) is 12.1 Å². The van der Waals surface area contributed by atoms with Gasteiger partial charge in [0.05, 0.1) is 0 Å². The number of rotatable bonds is 2. The van der Waals surface area contributed by atoms with Crippen LogP contribution in [0.2, 0.25) is 0 Å². The van der Waals surface area contributed by atoms with Gasteiger partial charge in [-0.15, -0.1) is 0 Å². The highest BCUT2D eigenvalue weighted by atomic mass is 127. The Kier molecular flexibility index (Phi) is 7.19. The van der Waals surface area contributed by atoms with Crippen molar-refractivity contribution in [3.63, 3.8) is 0 Å². The third-order valence-corrected chi connectivity index (χ3v) is 4.04. The first-order valence-corrected chi connectivity index (χ1v) is 8.26. The molecule has 1 nitrogen and oxygen atoms in total. The molecule has 21 heavy (non-hydrogen) atoms. The molecule has 0 N–H and O–H groups in total. The maximum atomic E-state index is 12.6. The Morgan fingerprint density at radius 2 is 1.29 bits per heavy atom. The Morgan fingerprint density at radius 3 is 1.62 bits per heavy atom. The fourth-order valence-corrected chi connectivity index (χ4v) is 2.15. The van der Waals surface area contributed by atoms with Crippen LogP contribution in [0, 0.1) is 7.14 Å². The molecule has 0 fully saturated rings. The van der Waals surface area contributed by atoms with Gasteiger partial charge in [0.1, 0.15) is 0 Å². The van der Waals surface area contributed by atoms with Crippen LogP contribution in [0.3, 0.4) is 0 Å². The zero-order valence-electron chi connectivity index (χ0n) is 11.5. The van der Waals surface area contributed by atoms with Gasteiger partial charge in [0, 0.05) is 25.2 Å². The van der Waals surface area contributed by atoms with E-state index in [1.807, 2.05) is 24.3 Å². The molecule has 0 aliphatic carbocycles. The highest BCUT2D eigenvalue weighted by molar-refractivity contribution is 14.1. The molecule has 2 aromatic rings.